The van der Waals surface area contributed by atoms with Gasteiger partial charge in [-0.05, 0) is 39.8 Å². The third kappa shape index (κ3) is 6.61. The van der Waals surface area contributed by atoms with E-state index >= 15 is 0 Å². The number of imide groups is 1. The van der Waals surface area contributed by atoms with Crippen molar-refractivity contribution < 1.29 is 49.1 Å². The summed E-state index contributed by atoms with van der Waals surface area (Å²) in [5, 5.41) is 26.2. The zero-order valence-corrected chi connectivity index (χ0v) is 21.2. The molecule has 2 fully saturated rings. The van der Waals surface area contributed by atoms with Crippen LogP contribution in [0, 0.1) is 0 Å². The molecule has 13 nitrogen and oxygen atoms in total. The lowest BCUT2D eigenvalue weighted by Crippen LogP contribution is -2.60. The Morgan fingerprint density at radius 1 is 1.36 bits per heavy atom. The van der Waals surface area contributed by atoms with Crippen molar-refractivity contribution in [2.45, 2.75) is 70.3 Å². The zero-order chi connectivity index (χ0) is 27.5. The van der Waals surface area contributed by atoms with Crippen molar-refractivity contribution in [3.05, 3.63) is 30.3 Å². The molecule has 0 saturated carbocycles. The molecule has 3 amide bonds. The van der Waals surface area contributed by atoms with Crippen LogP contribution in [0.15, 0.2) is 30.3 Å². The van der Waals surface area contributed by atoms with Gasteiger partial charge in [0, 0.05) is 12.9 Å². The van der Waals surface area contributed by atoms with Gasteiger partial charge < -0.3 is 24.2 Å². The number of amides is 3. The molecule has 200 valence electrons. The molecule has 1 unspecified atom stereocenters. The molecule has 0 radical (unpaired) electrons. The van der Waals surface area contributed by atoms with Crippen LogP contribution in [0.25, 0.3) is 0 Å². The maximum Gasteiger partial charge on any atom is 0.459 e. The molecule has 2 aliphatic heterocycles. The number of nitrogens with zero attached hydrogens (tertiary/aromatic N) is 1. The summed E-state index contributed by atoms with van der Waals surface area (Å²) < 4.78 is 43.5. The van der Waals surface area contributed by atoms with Crippen molar-refractivity contribution in [1.29, 1.82) is 0 Å². The predicted molar refractivity (Wildman–Crippen MR) is 125 cm³/mol. The van der Waals surface area contributed by atoms with Crippen LogP contribution in [0.3, 0.4) is 0 Å². The minimum Gasteiger partial charge on any atom is -0.462 e. The first-order valence-electron chi connectivity index (χ1n) is 11.9. The van der Waals surface area contributed by atoms with Gasteiger partial charge in [0.05, 0.1) is 14.1 Å². The molecular formula is C22H32N3O10P. The van der Waals surface area contributed by atoms with Crippen LogP contribution in [-0.2, 0) is 28.2 Å². The normalized spacial score (nSPS) is 31.4. The summed E-state index contributed by atoms with van der Waals surface area (Å²) in [6.45, 7) is 3.94. The first-order valence-corrected chi connectivity index (χ1v) is 12.9. The molecule has 0 bridgehead atoms. The monoisotopic (exact) mass is 530 g/mol. The summed E-state index contributed by atoms with van der Waals surface area (Å²) in [6.07, 6.45) is -5.27. The van der Waals surface area contributed by atoms with Gasteiger partial charge in [-0.15, -0.1) is 0 Å². The zero-order valence-electron chi connectivity index (χ0n) is 21.3. The van der Waals surface area contributed by atoms with E-state index in [1.54, 1.807) is 32.0 Å². The van der Waals surface area contributed by atoms with Gasteiger partial charge in [0.15, 0.2) is 6.23 Å². The minimum atomic E-state index is -4.30. The quantitative estimate of drug-likeness (QED) is 0.250. The second-order valence-electron chi connectivity index (χ2n) is 8.88. The van der Waals surface area contributed by atoms with Crippen molar-refractivity contribution in [2.75, 3.05) is 13.1 Å². The number of esters is 1. The molecule has 14 heteroatoms. The van der Waals surface area contributed by atoms with E-state index in [1.165, 1.54) is 26.0 Å². The Balaban J connectivity index is 1.77. The van der Waals surface area contributed by atoms with Crippen LogP contribution in [0.2, 0.25) is 0 Å². The van der Waals surface area contributed by atoms with E-state index in [1.807, 2.05) is 5.32 Å². The number of para-hydroxylation sites is 1. The maximum absolute atomic E-state index is 13.6. The van der Waals surface area contributed by atoms with Crippen LogP contribution in [0.5, 0.6) is 5.75 Å². The average molecular weight is 530 g/mol. The fraction of sp³-hybridized carbons (Fsp3) is 0.591. The highest BCUT2D eigenvalue weighted by Crippen LogP contribution is 2.46. The average Bonchev–Trinajstić information content (AvgIpc) is 3.01. The molecule has 3 rings (SSSR count). The van der Waals surface area contributed by atoms with E-state index in [0.29, 0.717) is 0 Å². The predicted octanol–water partition coefficient (Wildman–Crippen LogP) is 0.898. The highest BCUT2D eigenvalue weighted by atomic mass is 31.2. The number of carbonyl (C=O) groups excluding carboxylic acids is 3. The van der Waals surface area contributed by atoms with E-state index in [-0.39, 0.29) is 12.2 Å². The Morgan fingerprint density at radius 2 is 2.03 bits per heavy atom. The summed E-state index contributed by atoms with van der Waals surface area (Å²) in [4.78, 5) is 37.0. The molecule has 2 saturated heterocycles. The molecule has 1 aromatic rings. The van der Waals surface area contributed by atoms with Gasteiger partial charge in [0.2, 0.25) is 5.91 Å². The van der Waals surface area contributed by atoms with E-state index in [0.717, 1.165) is 4.90 Å². The van der Waals surface area contributed by atoms with Gasteiger partial charge in [-0.3, -0.25) is 24.3 Å². The van der Waals surface area contributed by atoms with Crippen LogP contribution >= 0.6 is 7.75 Å². The van der Waals surface area contributed by atoms with Crippen molar-refractivity contribution in [1.82, 2.24) is 15.3 Å². The molecular weight excluding hydrogens is 497 g/mol. The standard InChI is InChI=1S/C22H32N3O10P/c1-13(2)33-19(28)14(3)24-36(31,35-15-8-6-5-7-9-15)32-12-16-18(27)22(4,30)20(34-16)25-11-10-17(26)23-21(25)29/h5-9,13-14,16,18,20,27,30H,10-12H2,1-4H3,(H,24,31)(H,23,26,29)/t14-,16+,18+,20+,22+,36-/m0/s1/i11D/t11?,14-,16+,18+,20+,22+,36-. The van der Waals surface area contributed by atoms with Gasteiger partial charge >= 0.3 is 19.7 Å². The van der Waals surface area contributed by atoms with E-state index in [9.17, 15) is 29.2 Å². The number of hydrogen-bond acceptors (Lipinski definition) is 10. The molecule has 2 aliphatic rings. The van der Waals surface area contributed by atoms with Crippen LogP contribution in [0.4, 0.5) is 4.79 Å². The number of aliphatic hydroxyl groups excluding tert-OH is 1. The third-order valence-corrected chi connectivity index (χ3v) is 7.04. The maximum atomic E-state index is 13.6. The van der Waals surface area contributed by atoms with Crippen molar-refractivity contribution in [3.8, 4) is 5.75 Å². The highest BCUT2D eigenvalue weighted by molar-refractivity contribution is 7.52. The van der Waals surface area contributed by atoms with Crippen LogP contribution in [-0.4, -0.2) is 82.3 Å². The Labute approximate surface area is 210 Å². The molecule has 0 spiro atoms. The number of benzene rings is 1. The Hall–Kier alpha value is -2.54. The summed E-state index contributed by atoms with van der Waals surface area (Å²) in [7, 11) is -4.30. The van der Waals surface area contributed by atoms with E-state index in [4.69, 9.17) is 19.9 Å². The Morgan fingerprint density at radius 3 is 2.64 bits per heavy atom. The van der Waals surface area contributed by atoms with Gasteiger partial charge in [0.25, 0.3) is 0 Å². The third-order valence-electron chi connectivity index (χ3n) is 5.40. The second-order valence-corrected chi connectivity index (χ2v) is 10.6. The molecule has 1 aromatic carbocycles. The number of urea groups is 1. The lowest BCUT2D eigenvalue weighted by molar-refractivity contribution is -0.149. The molecule has 0 aliphatic carbocycles. The number of aliphatic hydroxyl groups is 2. The van der Waals surface area contributed by atoms with Gasteiger partial charge in [-0.1, -0.05) is 18.2 Å². The summed E-state index contributed by atoms with van der Waals surface area (Å²) >= 11 is 0. The number of ether oxygens (including phenoxy) is 2. The van der Waals surface area contributed by atoms with Crippen molar-refractivity contribution in [2.24, 2.45) is 0 Å². The Bertz CT molecular complexity index is 1040. The smallest absolute Gasteiger partial charge is 0.459 e. The number of nitrogens with one attached hydrogen (secondary N) is 2. The highest BCUT2D eigenvalue weighted by Gasteiger charge is 2.56. The molecule has 2 heterocycles. The summed E-state index contributed by atoms with van der Waals surface area (Å²) in [5.74, 6) is -1.20. The van der Waals surface area contributed by atoms with Gasteiger partial charge in [-0.25, -0.2) is 9.36 Å². The van der Waals surface area contributed by atoms with Crippen molar-refractivity contribution >= 4 is 25.7 Å². The lowest BCUT2D eigenvalue weighted by Gasteiger charge is -2.37. The SMILES string of the molecule is [2H]C1CC(=O)NC(=O)N1[C@@H]1O[C@H](CO[P@@](=O)(N[C@@H](C)C(=O)OC(C)C)Oc2ccccc2)[C@@H](O)[C@@]1(C)O. The molecule has 7 atom stereocenters. The fourth-order valence-corrected chi connectivity index (χ4v) is 5.09. The topological polar surface area (TPSA) is 173 Å². The first-order chi connectivity index (χ1) is 17.2. The van der Waals surface area contributed by atoms with Gasteiger partial charge in [-0.2, -0.15) is 5.09 Å². The second kappa shape index (κ2) is 11.2. The molecule has 36 heavy (non-hydrogen) atoms. The lowest BCUT2D eigenvalue weighted by atomic mass is 9.96. The number of rotatable bonds is 10. The Kier molecular flexibility index (Phi) is 8.28. The minimum absolute atomic E-state index is 0.159. The number of carbonyl (C=O) groups is 3. The van der Waals surface area contributed by atoms with E-state index < -0.39 is 75.0 Å². The van der Waals surface area contributed by atoms with E-state index in [2.05, 4.69) is 5.09 Å². The summed E-state index contributed by atoms with van der Waals surface area (Å²) in [6, 6.07) is 5.93. The van der Waals surface area contributed by atoms with Crippen LogP contribution < -0.4 is 14.9 Å². The van der Waals surface area contributed by atoms with Crippen molar-refractivity contribution in [3.63, 3.8) is 0 Å². The number of hydrogen-bond donors (Lipinski definition) is 4. The first kappa shape index (κ1) is 26.5. The fourth-order valence-electron chi connectivity index (χ4n) is 3.58. The van der Waals surface area contributed by atoms with Gasteiger partial charge in [0.1, 0.15) is 29.6 Å². The van der Waals surface area contributed by atoms with Crippen LogP contribution in [0.1, 0.15) is 35.5 Å². The largest absolute Gasteiger partial charge is 0.462 e. The molecule has 0 aromatic heterocycles. The summed E-state index contributed by atoms with van der Waals surface area (Å²) in [5.41, 5.74) is -2.07. The molecule has 4 N–H and O–H groups in total.